The monoisotopic (exact) mass is 401 g/mol. The van der Waals surface area contributed by atoms with Crippen LogP contribution in [0.1, 0.15) is 18.5 Å². The van der Waals surface area contributed by atoms with Crippen LogP contribution in [0.25, 0.3) is 0 Å². The number of anilines is 1. The molecule has 0 bridgehead atoms. The quantitative estimate of drug-likeness (QED) is 0.698. The first-order chi connectivity index (χ1) is 12.3. The van der Waals surface area contributed by atoms with Crippen molar-refractivity contribution in [2.75, 3.05) is 26.1 Å². The number of amides is 1. The normalized spacial score (nSPS) is 11.8. The molecular formula is C18H20Cl2FN2O3+. The first-order valence-corrected chi connectivity index (χ1v) is 8.61. The highest BCUT2D eigenvalue weighted by molar-refractivity contribution is 6.35. The van der Waals surface area contributed by atoms with Crippen molar-refractivity contribution in [2.24, 2.45) is 0 Å². The molecule has 1 atom stereocenters. The Morgan fingerprint density at radius 3 is 2.58 bits per heavy atom. The average Bonchev–Trinajstić information content (AvgIpc) is 2.62. The van der Waals surface area contributed by atoms with Crippen molar-refractivity contribution in [1.29, 1.82) is 0 Å². The van der Waals surface area contributed by atoms with Crippen LogP contribution in [0.2, 0.25) is 10.0 Å². The molecule has 0 aliphatic heterocycles. The van der Waals surface area contributed by atoms with Gasteiger partial charge < -0.3 is 20.1 Å². The van der Waals surface area contributed by atoms with Crippen molar-refractivity contribution in [1.82, 2.24) is 0 Å². The summed E-state index contributed by atoms with van der Waals surface area (Å²) in [5, 5.41) is 4.84. The number of carbonyl (C=O) groups excluding carboxylic acids is 1. The highest BCUT2D eigenvalue weighted by atomic mass is 35.5. The third-order valence-corrected chi connectivity index (χ3v) is 4.48. The van der Waals surface area contributed by atoms with Crippen molar-refractivity contribution >= 4 is 34.8 Å². The van der Waals surface area contributed by atoms with Gasteiger partial charge in [-0.25, -0.2) is 4.39 Å². The topological polar surface area (TPSA) is 64.2 Å². The highest BCUT2D eigenvalue weighted by Gasteiger charge is 2.18. The molecule has 140 valence electrons. The molecular weight excluding hydrogens is 382 g/mol. The Kier molecular flexibility index (Phi) is 7.08. The van der Waals surface area contributed by atoms with Gasteiger partial charge in [0.15, 0.2) is 6.54 Å². The summed E-state index contributed by atoms with van der Waals surface area (Å²) < 4.78 is 24.0. The standard InChI is InChI=1S/C18H19Cl2FN2O3/c1-10(12-7-15(21)14(20)8-13(12)19)22-9-18(24)23-16-6-11(25-2)4-5-17(16)26-3/h4-8,10,22H,9H2,1-3H3,(H,23,24)/p+1/t10-/m1/s1. The first kappa shape index (κ1) is 20.3. The third-order valence-electron chi connectivity index (χ3n) is 3.87. The van der Waals surface area contributed by atoms with E-state index in [1.54, 1.807) is 23.5 Å². The molecule has 0 saturated heterocycles. The molecule has 0 aliphatic carbocycles. The molecule has 1 amide bonds. The molecule has 0 spiro atoms. The number of rotatable bonds is 7. The van der Waals surface area contributed by atoms with Gasteiger partial charge in [0.1, 0.15) is 23.4 Å². The van der Waals surface area contributed by atoms with E-state index in [9.17, 15) is 9.18 Å². The SMILES string of the molecule is COc1ccc(OC)c(NC(=O)C[NH2+][C@H](C)c2cc(F)c(Cl)cc2Cl)c1. The maximum Gasteiger partial charge on any atom is 0.279 e. The van der Waals surface area contributed by atoms with Crippen LogP contribution in [-0.2, 0) is 4.79 Å². The Morgan fingerprint density at radius 1 is 1.19 bits per heavy atom. The fourth-order valence-corrected chi connectivity index (χ4v) is 2.97. The Morgan fingerprint density at radius 2 is 1.92 bits per heavy atom. The number of ether oxygens (including phenoxy) is 2. The molecule has 8 heteroatoms. The summed E-state index contributed by atoms with van der Waals surface area (Å²) in [5.41, 5.74) is 1.08. The number of benzene rings is 2. The average molecular weight is 402 g/mol. The lowest BCUT2D eigenvalue weighted by Gasteiger charge is -2.14. The van der Waals surface area contributed by atoms with Gasteiger partial charge in [-0.05, 0) is 31.2 Å². The van der Waals surface area contributed by atoms with Crippen molar-refractivity contribution in [2.45, 2.75) is 13.0 Å². The van der Waals surface area contributed by atoms with Gasteiger partial charge in [0.2, 0.25) is 0 Å². The van der Waals surface area contributed by atoms with E-state index >= 15 is 0 Å². The molecule has 26 heavy (non-hydrogen) atoms. The maximum absolute atomic E-state index is 13.7. The molecule has 3 N–H and O–H groups in total. The van der Waals surface area contributed by atoms with E-state index < -0.39 is 5.82 Å². The van der Waals surface area contributed by atoms with E-state index in [0.29, 0.717) is 27.8 Å². The van der Waals surface area contributed by atoms with Crippen LogP contribution in [-0.4, -0.2) is 26.7 Å². The van der Waals surface area contributed by atoms with E-state index in [1.165, 1.54) is 26.4 Å². The third kappa shape index (κ3) is 5.00. The minimum atomic E-state index is -0.545. The van der Waals surface area contributed by atoms with Gasteiger partial charge in [0, 0.05) is 11.6 Å². The molecule has 2 rings (SSSR count). The summed E-state index contributed by atoms with van der Waals surface area (Å²) in [6.45, 7) is 1.94. The highest BCUT2D eigenvalue weighted by Crippen LogP contribution is 2.29. The van der Waals surface area contributed by atoms with Gasteiger partial charge in [0.05, 0.1) is 30.0 Å². The van der Waals surface area contributed by atoms with Crippen molar-refractivity contribution in [3.05, 3.63) is 51.8 Å². The van der Waals surface area contributed by atoms with E-state index in [1.807, 2.05) is 6.92 Å². The number of quaternary nitrogens is 1. The Labute approximate surface area is 161 Å². The Bertz CT molecular complexity index is 802. The number of hydrogen-bond acceptors (Lipinski definition) is 3. The fraction of sp³-hybridized carbons (Fsp3) is 0.278. The lowest BCUT2D eigenvalue weighted by atomic mass is 10.1. The molecule has 2 aromatic rings. The summed E-state index contributed by atoms with van der Waals surface area (Å²) in [7, 11) is 3.06. The number of nitrogens with one attached hydrogen (secondary N) is 1. The number of halogens is 3. The van der Waals surface area contributed by atoms with E-state index in [4.69, 9.17) is 32.7 Å². The van der Waals surface area contributed by atoms with Gasteiger partial charge >= 0.3 is 0 Å². The second-order valence-electron chi connectivity index (χ2n) is 5.63. The van der Waals surface area contributed by atoms with Crippen molar-refractivity contribution in [3.63, 3.8) is 0 Å². The van der Waals surface area contributed by atoms with Gasteiger partial charge in [-0.15, -0.1) is 0 Å². The van der Waals surface area contributed by atoms with Crippen LogP contribution in [0.5, 0.6) is 11.5 Å². The molecule has 0 fully saturated rings. The predicted octanol–water partition coefficient (Wildman–Crippen LogP) is 3.41. The fourth-order valence-electron chi connectivity index (χ4n) is 2.41. The molecule has 0 aliphatic rings. The van der Waals surface area contributed by atoms with Crippen molar-refractivity contribution < 1.29 is 24.0 Å². The van der Waals surface area contributed by atoms with Crippen LogP contribution in [0, 0.1) is 5.82 Å². The minimum absolute atomic E-state index is 0.0335. The second-order valence-corrected chi connectivity index (χ2v) is 6.45. The lowest BCUT2D eigenvalue weighted by molar-refractivity contribution is -0.682. The Hall–Kier alpha value is -2.02. The summed E-state index contributed by atoms with van der Waals surface area (Å²) in [5.74, 6) is 0.336. The van der Waals surface area contributed by atoms with Gasteiger partial charge in [-0.3, -0.25) is 4.79 Å². The maximum atomic E-state index is 13.7. The number of nitrogens with two attached hydrogens (primary N) is 1. The molecule has 0 unspecified atom stereocenters. The van der Waals surface area contributed by atoms with Gasteiger partial charge in [-0.2, -0.15) is 0 Å². The number of hydrogen-bond donors (Lipinski definition) is 2. The Balaban J connectivity index is 2.02. The van der Waals surface area contributed by atoms with E-state index in [-0.39, 0.29) is 23.5 Å². The first-order valence-electron chi connectivity index (χ1n) is 7.85. The summed E-state index contributed by atoms with van der Waals surface area (Å²) in [6.07, 6.45) is 0. The molecule has 0 radical (unpaired) electrons. The minimum Gasteiger partial charge on any atom is -0.497 e. The zero-order valence-corrected chi connectivity index (χ0v) is 16.1. The van der Waals surface area contributed by atoms with Crippen LogP contribution in [0.3, 0.4) is 0 Å². The van der Waals surface area contributed by atoms with Crippen LogP contribution >= 0.6 is 23.2 Å². The van der Waals surface area contributed by atoms with Crippen LogP contribution < -0.4 is 20.1 Å². The van der Waals surface area contributed by atoms with E-state index in [0.717, 1.165) is 0 Å². The number of carbonyl (C=O) groups is 1. The lowest BCUT2D eigenvalue weighted by Crippen LogP contribution is -2.86. The van der Waals surface area contributed by atoms with Gasteiger partial charge in [0.25, 0.3) is 5.91 Å². The van der Waals surface area contributed by atoms with Crippen LogP contribution in [0.4, 0.5) is 10.1 Å². The zero-order chi connectivity index (χ0) is 19.3. The molecule has 0 aromatic heterocycles. The molecule has 0 saturated carbocycles. The summed E-state index contributed by atoms with van der Waals surface area (Å²) in [4.78, 5) is 12.3. The molecule has 5 nitrogen and oxygen atoms in total. The second kappa shape index (κ2) is 9.07. The smallest absolute Gasteiger partial charge is 0.279 e. The van der Waals surface area contributed by atoms with Crippen molar-refractivity contribution in [3.8, 4) is 11.5 Å². The number of methoxy groups -OCH3 is 2. The van der Waals surface area contributed by atoms with Gasteiger partial charge in [-0.1, -0.05) is 23.2 Å². The molecule has 2 aromatic carbocycles. The zero-order valence-electron chi connectivity index (χ0n) is 14.6. The summed E-state index contributed by atoms with van der Waals surface area (Å²) in [6, 6.07) is 7.53. The molecule has 0 heterocycles. The summed E-state index contributed by atoms with van der Waals surface area (Å²) >= 11 is 11.8. The van der Waals surface area contributed by atoms with Crippen LogP contribution in [0.15, 0.2) is 30.3 Å². The van der Waals surface area contributed by atoms with E-state index in [2.05, 4.69) is 5.32 Å². The predicted molar refractivity (Wildman–Crippen MR) is 99.8 cm³/mol. The largest absolute Gasteiger partial charge is 0.497 e.